The number of ether oxygens (including phenoxy) is 2. The van der Waals surface area contributed by atoms with E-state index in [0.717, 1.165) is 6.07 Å². The lowest BCUT2D eigenvalue weighted by Crippen LogP contribution is -2.14. The number of carboxylic acids is 2. The van der Waals surface area contributed by atoms with E-state index in [-0.39, 0.29) is 29.1 Å². The molecule has 0 aliphatic carbocycles. The number of methoxy groups -OCH3 is 1. The maximum atomic E-state index is 12.0. The molecule has 3 N–H and O–H groups in total. The summed E-state index contributed by atoms with van der Waals surface area (Å²) in [6.45, 7) is 0.315. The van der Waals surface area contributed by atoms with Gasteiger partial charge in [0.15, 0.2) is 0 Å². The van der Waals surface area contributed by atoms with Crippen molar-refractivity contribution in [2.75, 3.05) is 19.0 Å². The van der Waals surface area contributed by atoms with Gasteiger partial charge in [-0.1, -0.05) is 0 Å². The first-order valence-corrected chi connectivity index (χ1v) is 8.07. The summed E-state index contributed by atoms with van der Waals surface area (Å²) >= 11 is 0. The maximum absolute atomic E-state index is 12.0. The number of amides is 1. The predicted octanol–water partition coefficient (Wildman–Crippen LogP) is 2.89. The Morgan fingerprint density at radius 1 is 0.926 bits per heavy atom. The Hall–Kier alpha value is -3.55. The number of carbonyl (C=O) groups is 3. The quantitative estimate of drug-likeness (QED) is 0.578. The van der Waals surface area contributed by atoms with E-state index in [1.807, 2.05) is 0 Å². The fraction of sp³-hybridized carbons (Fsp3) is 0.211. The molecule has 2 aromatic rings. The van der Waals surface area contributed by atoms with Gasteiger partial charge in [-0.2, -0.15) is 0 Å². The fourth-order valence-corrected chi connectivity index (χ4v) is 2.26. The van der Waals surface area contributed by atoms with Crippen molar-refractivity contribution in [1.82, 2.24) is 0 Å². The summed E-state index contributed by atoms with van der Waals surface area (Å²) in [6.07, 6.45) is 0.568. The Bertz CT molecular complexity index is 798. The molecule has 142 valence electrons. The summed E-state index contributed by atoms with van der Waals surface area (Å²) < 4.78 is 10.6. The third-order valence-electron chi connectivity index (χ3n) is 3.59. The van der Waals surface area contributed by atoms with E-state index in [1.165, 1.54) is 12.1 Å². The van der Waals surface area contributed by atoms with Crippen molar-refractivity contribution in [1.29, 1.82) is 0 Å². The molecular formula is C19H19NO7. The molecule has 0 aliphatic heterocycles. The van der Waals surface area contributed by atoms with Crippen LogP contribution in [-0.4, -0.2) is 41.8 Å². The zero-order valence-corrected chi connectivity index (χ0v) is 14.6. The third kappa shape index (κ3) is 6.03. The van der Waals surface area contributed by atoms with Gasteiger partial charge in [0.05, 0.1) is 24.8 Å². The van der Waals surface area contributed by atoms with Gasteiger partial charge >= 0.3 is 11.9 Å². The minimum absolute atomic E-state index is 0.119. The lowest BCUT2D eigenvalue weighted by molar-refractivity contribution is -0.116. The summed E-state index contributed by atoms with van der Waals surface area (Å²) in [6, 6.07) is 10.5. The van der Waals surface area contributed by atoms with Crippen LogP contribution in [0.1, 0.15) is 33.6 Å². The van der Waals surface area contributed by atoms with Crippen molar-refractivity contribution in [2.24, 2.45) is 0 Å². The first-order chi connectivity index (χ1) is 12.9. The van der Waals surface area contributed by atoms with Gasteiger partial charge < -0.3 is 25.0 Å². The minimum atomic E-state index is -1.28. The fourth-order valence-electron chi connectivity index (χ4n) is 2.26. The van der Waals surface area contributed by atoms with Crippen LogP contribution >= 0.6 is 0 Å². The third-order valence-corrected chi connectivity index (χ3v) is 3.59. The van der Waals surface area contributed by atoms with Gasteiger partial charge in [0.2, 0.25) is 5.91 Å². The van der Waals surface area contributed by atoms with Crippen LogP contribution in [-0.2, 0) is 4.79 Å². The standard InChI is InChI=1S/C19H19NO7/c1-26-15-4-6-16(7-5-15)27-8-2-3-17(21)20-14-10-12(18(22)23)9-13(11-14)19(24)25/h4-7,9-11H,2-3,8H2,1H3,(H,20,21)(H,22,23)(H,24,25). The predicted molar refractivity (Wildman–Crippen MR) is 96.7 cm³/mol. The molecular weight excluding hydrogens is 354 g/mol. The first kappa shape index (κ1) is 19.8. The van der Waals surface area contributed by atoms with Crippen LogP contribution in [0.3, 0.4) is 0 Å². The molecule has 0 saturated heterocycles. The Morgan fingerprint density at radius 2 is 1.48 bits per heavy atom. The smallest absolute Gasteiger partial charge is 0.335 e. The molecule has 0 unspecified atom stereocenters. The van der Waals surface area contributed by atoms with Crippen molar-refractivity contribution < 1.29 is 34.1 Å². The van der Waals surface area contributed by atoms with E-state index in [0.29, 0.717) is 24.5 Å². The highest BCUT2D eigenvalue weighted by Crippen LogP contribution is 2.18. The maximum Gasteiger partial charge on any atom is 0.335 e. The highest BCUT2D eigenvalue weighted by Gasteiger charge is 2.13. The number of benzene rings is 2. The van der Waals surface area contributed by atoms with Gasteiger partial charge in [-0.15, -0.1) is 0 Å². The Labute approximate surface area is 155 Å². The highest BCUT2D eigenvalue weighted by molar-refractivity contribution is 5.98. The van der Waals surface area contributed by atoms with Gasteiger partial charge in [0.25, 0.3) is 0 Å². The highest BCUT2D eigenvalue weighted by atomic mass is 16.5. The molecule has 2 aromatic carbocycles. The summed E-state index contributed by atoms with van der Waals surface area (Å²) in [5.74, 6) is -1.56. The number of nitrogens with one attached hydrogen (secondary N) is 1. The van der Waals surface area contributed by atoms with Gasteiger partial charge in [0.1, 0.15) is 11.5 Å². The number of hydrogen-bond acceptors (Lipinski definition) is 5. The Morgan fingerprint density at radius 3 is 2.00 bits per heavy atom. The molecule has 27 heavy (non-hydrogen) atoms. The summed E-state index contributed by atoms with van der Waals surface area (Å²) in [7, 11) is 1.57. The number of rotatable bonds is 9. The molecule has 8 nitrogen and oxygen atoms in total. The molecule has 0 spiro atoms. The van der Waals surface area contributed by atoms with E-state index < -0.39 is 11.9 Å². The van der Waals surface area contributed by atoms with E-state index in [1.54, 1.807) is 31.4 Å². The van der Waals surface area contributed by atoms with Crippen molar-refractivity contribution >= 4 is 23.5 Å². The normalized spacial score (nSPS) is 10.1. The summed E-state index contributed by atoms with van der Waals surface area (Å²) in [5.41, 5.74) is -0.311. The molecule has 0 atom stereocenters. The van der Waals surface area contributed by atoms with Crippen LogP contribution in [0, 0.1) is 0 Å². The lowest BCUT2D eigenvalue weighted by Gasteiger charge is -2.09. The Kier molecular flexibility index (Phi) is 6.76. The van der Waals surface area contributed by atoms with Crippen molar-refractivity contribution in [2.45, 2.75) is 12.8 Å². The zero-order chi connectivity index (χ0) is 19.8. The molecule has 0 aliphatic rings. The van der Waals surface area contributed by atoms with Crippen LogP contribution in [0.15, 0.2) is 42.5 Å². The van der Waals surface area contributed by atoms with Crippen LogP contribution < -0.4 is 14.8 Å². The van der Waals surface area contributed by atoms with Gasteiger partial charge in [-0.05, 0) is 48.9 Å². The molecule has 0 fully saturated rings. The lowest BCUT2D eigenvalue weighted by atomic mass is 10.1. The molecule has 1 amide bonds. The number of hydrogen-bond donors (Lipinski definition) is 3. The van der Waals surface area contributed by atoms with Crippen LogP contribution in [0.5, 0.6) is 11.5 Å². The second-order valence-corrected chi connectivity index (χ2v) is 5.59. The average molecular weight is 373 g/mol. The Balaban J connectivity index is 1.86. The molecule has 8 heteroatoms. The topological polar surface area (TPSA) is 122 Å². The van der Waals surface area contributed by atoms with E-state index in [9.17, 15) is 14.4 Å². The first-order valence-electron chi connectivity index (χ1n) is 8.07. The molecule has 0 aromatic heterocycles. The van der Waals surface area contributed by atoms with E-state index in [4.69, 9.17) is 19.7 Å². The molecule has 2 rings (SSSR count). The number of carbonyl (C=O) groups excluding carboxylic acids is 1. The van der Waals surface area contributed by atoms with Crippen LogP contribution in [0.4, 0.5) is 5.69 Å². The van der Waals surface area contributed by atoms with Crippen molar-refractivity contribution in [3.8, 4) is 11.5 Å². The second kappa shape index (κ2) is 9.23. The molecule has 0 radical (unpaired) electrons. The van der Waals surface area contributed by atoms with Crippen LogP contribution in [0.2, 0.25) is 0 Å². The number of aromatic carboxylic acids is 2. The molecule has 0 heterocycles. The van der Waals surface area contributed by atoms with Crippen molar-refractivity contribution in [3.05, 3.63) is 53.6 Å². The van der Waals surface area contributed by atoms with Gasteiger partial charge in [0, 0.05) is 12.1 Å². The SMILES string of the molecule is COc1ccc(OCCCC(=O)Nc2cc(C(=O)O)cc(C(=O)O)c2)cc1. The summed E-state index contributed by atoms with van der Waals surface area (Å²) in [5, 5.41) is 20.6. The van der Waals surface area contributed by atoms with E-state index in [2.05, 4.69) is 5.32 Å². The largest absolute Gasteiger partial charge is 0.497 e. The van der Waals surface area contributed by atoms with Gasteiger partial charge in [-0.3, -0.25) is 4.79 Å². The van der Waals surface area contributed by atoms with Crippen molar-refractivity contribution in [3.63, 3.8) is 0 Å². The molecule has 0 saturated carbocycles. The second-order valence-electron chi connectivity index (χ2n) is 5.59. The number of carboxylic acid groups (broad SMARTS) is 2. The monoisotopic (exact) mass is 373 g/mol. The van der Waals surface area contributed by atoms with Gasteiger partial charge in [-0.25, -0.2) is 9.59 Å². The average Bonchev–Trinajstić information content (AvgIpc) is 2.65. The van der Waals surface area contributed by atoms with Crippen LogP contribution in [0.25, 0.3) is 0 Å². The molecule has 0 bridgehead atoms. The number of anilines is 1. The minimum Gasteiger partial charge on any atom is -0.497 e. The van der Waals surface area contributed by atoms with E-state index >= 15 is 0 Å². The summed E-state index contributed by atoms with van der Waals surface area (Å²) in [4.78, 5) is 34.1. The zero-order valence-electron chi connectivity index (χ0n) is 14.6.